The minimum Gasteiger partial charge on any atom is -0.475 e. The fourth-order valence-electron chi connectivity index (χ4n) is 1.89. The first-order valence-electron chi connectivity index (χ1n) is 6.11. The Kier molecular flexibility index (Phi) is 4.46. The molecule has 2 N–H and O–H groups in total. The number of nitrogens with zero attached hydrogens (tertiary/aromatic N) is 1. The molecular weight excluding hydrogens is 334 g/mol. The third kappa shape index (κ3) is 3.21. The molecule has 1 heterocycles. The van der Waals surface area contributed by atoms with Crippen molar-refractivity contribution in [3.8, 4) is 0 Å². The smallest absolute Gasteiger partial charge is 0.377 e. The number of benzene rings is 1. The van der Waals surface area contributed by atoms with Gasteiger partial charge in [-0.15, -0.1) is 0 Å². The van der Waals surface area contributed by atoms with Gasteiger partial charge in [-0.1, -0.05) is 11.6 Å². The number of hydrogen-bond donors (Lipinski definition) is 2. The zero-order chi connectivity index (χ0) is 17.3. The number of aliphatic carboxylic acids is 1. The molecule has 0 spiro atoms. The third-order valence-corrected chi connectivity index (χ3v) is 3.24. The molecule has 0 fully saturated rings. The number of carboxylic acids is 1. The van der Waals surface area contributed by atoms with E-state index in [9.17, 15) is 23.2 Å². The third-order valence-electron chi connectivity index (χ3n) is 2.95. The molecule has 0 unspecified atom stereocenters. The van der Waals surface area contributed by atoms with Crippen molar-refractivity contribution in [2.24, 2.45) is 7.05 Å². The van der Waals surface area contributed by atoms with Crippen molar-refractivity contribution < 1.29 is 28.3 Å². The average molecular weight is 343 g/mol. The topological polar surface area (TPSA) is 88.4 Å². The summed E-state index contributed by atoms with van der Waals surface area (Å²) in [6, 6.07) is 3.35. The molecule has 6 nitrogen and oxygen atoms in total. The van der Waals surface area contributed by atoms with E-state index in [4.69, 9.17) is 16.7 Å². The van der Waals surface area contributed by atoms with Crippen LogP contribution in [0.25, 0.3) is 0 Å². The maximum Gasteiger partial charge on any atom is 0.377 e. The number of rotatable bonds is 4. The van der Waals surface area contributed by atoms with E-state index in [1.54, 1.807) is 0 Å². The highest BCUT2D eigenvalue weighted by atomic mass is 35.5. The monoisotopic (exact) mass is 342 g/mol. The van der Waals surface area contributed by atoms with Crippen molar-refractivity contribution in [3.05, 3.63) is 52.3 Å². The fourth-order valence-corrected chi connectivity index (χ4v) is 2.08. The van der Waals surface area contributed by atoms with Crippen LogP contribution in [-0.4, -0.2) is 27.3 Å². The predicted molar refractivity (Wildman–Crippen MR) is 76.7 cm³/mol. The van der Waals surface area contributed by atoms with Crippen LogP contribution in [0.2, 0.25) is 5.02 Å². The average Bonchev–Trinajstić information content (AvgIpc) is 2.77. The molecule has 0 aliphatic carbocycles. The number of aryl methyl sites for hydroxylation is 1. The minimum atomic E-state index is -1.84. The number of nitrogens with one attached hydrogen (secondary N) is 1. The number of hydrogen-bond acceptors (Lipinski definition) is 3. The second kappa shape index (κ2) is 6.17. The molecule has 0 saturated carbocycles. The largest absolute Gasteiger partial charge is 0.475 e. The van der Waals surface area contributed by atoms with Crippen molar-refractivity contribution in [2.75, 3.05) is 5.32 Å². The van der Waals surface area contributed by atoms with E-state index in [1.807, 2.05) is 0 Å². The van der Waals surface area contributed by atoms with Crippen LogP contribution in [0, 0.1) is 11.6 Å². The van der Waals surface area contributed by atoms with E-state index in [0.717, 1.165) is 22.9 Å². The molecule has 2 rings (SSSR count). The van der Waals surface area contributed by atoms with Gasteiger partial charge in [-0.3, -0.25) is 9.59 Å². The first-order valence-corrected chi connectivity index (χ1v) is 6.49. The quantitative estimate of drug-likeness (QED) is 0.660. The Morgan fingerprint density at radius 2 is 1.91 bits per heavy atom. The van der Waals surface area contributed by atoms with Gasteiger partial charge in [0, 0.05) is 18.9 Å². The molecular formula is C14H9ClF2N2O4. The van der Waals surface area contributed by atoms with Crippen LogP contribution >= 0.6 is 11.6 Å². The molecule has 23 heavy (non-hydrogen) atoms. The number of carboxylic acid groups (broad SMARTS) is 1. The van der Waals surface area contributed by atoms with Crippen molar-refractivity contribution in [3.63, 3.8) is 0 Å². The molecule has 0 bridgehead atoms. The Labute approximate surface area is 133 Å². The Morgan fingerprint density at radius 1 is 1.26 bits per heavy atom. The highest BCUT2D eigenvalue weighted by molar-refractivity contribution is 6.40. The Hall–Kier alpha value is -2.74. The lowest BCUT2D eigenvalue weighted by atomic mass is 10.2. The van der Waals surface area contributed by atoms with E-state index in [0.29, 0.717) is 0 Å². The molecule has 1 aromatic heterocycles. The Morgan fingerprint density at radius 3 is 2.48 bits per heavy atom. The number of amides is 1. The molecule has 2 aromatic rings. The van der Waals surface area contributed by atoms with Crippen LogP contribution in [0.15, 0.2) is 24.4 Å². The highest BCUT2D eigenvalue weighted by Gasteiger charge is 2.27. The zero-order valence-corrected chi connectivity index (χ0v) is 12.3. The summed E-state index contributed by atoms with van der Waals surface area (Å²) in [7, 11) is 1.27. The van der Waals surface area contributed by atoms with Crippen molar-refractivity contribution in [1.82, 2.24) is 4.57 Å². The molecule has 1 aromatic carbocycles. The van der Waals surface area contributed by atoms with Gasteiger partial charge in [0.25, 0.3) is 11.7 Å². The standard InChI is InChI=1S/C14H9ClF2N2O4/c1-19-5-7(12(20)14(22)23)10(17)11(19)13(21)18-6-2-3-9(16)8(15)4-6/h2-5H,1H3,(H,18,21)(H,22,23). The van der Waals surface area contributed by atoms with E-state index in [2.05, 4.69) is 5.32 Å². The number of aromatic nitrogens is 1. The summed E-state index contributed by atoms with van der Waals surface area (Å²) in [5, 5.41) is 10.7. The zero-order valence-electron chi connectivity index (χ0n) is 11.6. The number of anilines is 1. The van der Waals surface area contributed by atoms with Crippen molar-refractivity contribution in [2.45, 2.75) is 0 Å². The van der Waals surface area contributed by atoms with Crippen LogP contribution in [0.4, 0.5) is 14.5 Å². The first-order chi connectivity index (χ1) is 10.7. The maximum atomic E-state index is 14.1. The maximum absolute atomic E-state index is 14.1. The van der Waals surface area contributed by atoms with Gasteiger partial charge >= 0.3 is 5.97 Å². The lowest BCUT2D eigenvalue weighted by molar-refractivity contribution is -0.131. The molecule has 0 aliphatic heterocycles. The summed E-state index contributed by atoms with van der Waals surface area (Å²) in [6.07, 6.45) is 0.901. The molecule has 9 heteroatoms. The first kappa shape index (κ1) is 16.6. The number of Topliss-reactive ketones (excluding diaryl/α,β-unsaturated/α-hetero) is 1. The van der Waals surface area contributed by atoms with Gasteiger partial charge < -0.3 is 15.0 Å². The Bertz CT molecular complexity index is 832. The lowest BCUT2D eigenvalue weighted by Crippen LogP contribution is -2.18. The van der Waals surface area contributed by atoms with Crippen LogP contribution in [-0.2, 0) is 11.8 Å². The molecule has 0 atom stereocenters. The summed E-state index contributed by atoms with van der Waals surface area (Å²) in [4.78, 5) is 34.1. The summed E-state index contributed by atoms with van der Waals surface area (Å²) >= 11 is 5.57. The SMILES string of the molecule is Cn1cc(C(=O)C(=O)O)c(F)c1C(=O)Nc1ccc(F)c(Cl)c1. The van der Waals surface area contributed by atoms with Gasteiger partial charge in [0.15, 0.2) is 5.82 Å². The van der Waals surface area contributed by atoms with Gasteiger partial charge in [0.2, 0.25) is 0 Å². The lowest BCUT2D eigenvalue weighted by Gasteiger charge is -2.07. The van der Waals surface area contributed by atoms with Gasteiger partial charge in [-0.05, 0) is 18.2 Å². The molecule has 1 amide bonds. The summed E-state index contributed by atoms with van der Waals surface area (Å²) in [5.41, 5.74) is -1.18. The van der Waals surface area contributed by atoms with Crippen LogP contribution in [0.1, 0.15) is 20.8 Å². The second-order valence-electron chi connectivity index (χ2n) is 4.53. The van der Waals surface area contributed by atoms with Crippen molar-refractivity contribution in [1.29, 1.82) is 0 Å². The molecule has 120 valence electrons. The normalized spacial score (nSPS) is 10.4. The summed E-state index contributed by atoms with van der Waals surface area (Å²) in [5.74, 6) is -6.21. The molecule has 0 radical (unpaired) electrons. The van der Waals surface area contributed by atoms with Gasteiger partial charge in [0.05, 0.1) is 10.6 Å². The highest BCUT2D eigenvalue weighted by Crippen LogP contribution is 2.21. The van der Waals surface area contributed by atoms with Crippen molar-refractivity contribution >= 4 is 34.9 Å². The van der Waals surface area contributed by atoms with Gasteiger partial charge in [0.1, 0.15) is 11.5 Å². The van der Waals surface area contributed by atoms with Crippen LogP contribution in [0.5, 0.6) is 0 Å². The van der Waals surface area contributed by atoms with Gasteiger partial charge in [-0.2, -0.15) is 0 Å². The van der Waals surface area contributed by atoms with E-state index < -0.39 is 40.6 Å². The van der Waals surface area contributed by atoms with Gasteiger partial charge in [-0.25, -0.2) is 13.6 Å². The van der Waals surface area contributed by atoms with E-state index in [1.165, 1.54) is 13.1 Å². The summed E-state index contributed by atoms with van der Waals surface area (Å²) in [6.45, 7) is 0. The molecule has 0 aliphatic rings. The molecule has 0 saturated heterocycles. The second-order valence-corrected chi connectivity index (χ2v) is 4.94. The fraction of sp³-hybridized carbons (Fsp3) is 0.0714. The predicted octanol–water partition coefficient (Wildman–Crippen LogP) is 2.48. The van der Waals surface area contributed by atoms with E-state index in [-0.39, 0.29) is 10.7 Å². The van der Waals surface area contributed by atoms with Crippen LogP contribution in [0.3, 0.4) is 0 Å². The Balaban J connectivity index is 2.34. The summed E-state index contributed by atoms with van der Waals surface area (Å²) < 4.78 is 28.2. The van der Waals surface area contributed by atoms with Crippen LogP contribution < -0.4 is 5.32 Å². The number of carbonyl (C=O) groups excluding carboxylic acids is 2. The number of halogens is 3. The number of carbonyl (C=O) groups is 3. The number of ketones is 1. The minimum absolute atomic E-state index is 0.105. The van der Waals surface area contributed by atoms with E-state index >= 15 is 0 Å².